The second-order valence-corrected chi connectivity index (χ2v) is 6.75. The third-order valence-corrected chi connectivity index (χ3v) is 4.27. The van der Waals surface area contributed by atoms with Gasteiger partial charge in [-0.05, 0) is 51.8 Å². The maximum absolute atomic E-state index is 12.6. The minimum Gasteiger partial charge on any atom is -0.461 e. The highest BCUT2D eigenvalue weighted by Gasteiger charge is 2.18. The van der Waals surface area contributed by atoms with Gasteiger partial charge >= 0.3 is 5.97 Å². The van der Waals surface area contributed by atoms with Crippen LogP contribution in [0.5, 0.6) is 0 Å². The summed E-state index contributed by atoms with van der Waals surface area (Å²) < 4.78 is 6.75. The minimum absolute atomic E-state index is 0.152. The summed E-state index contributed by atoms with van der Waals surface area (Å²) >= 11 is 0. The Bertz CT molecular complexity index is 1020. The fourth-order valence-corrected chi connectivity index (χ4v) is 2.93. The minimum atomic E-state index is -0.516. The van der Waals surface area contributed by atoms with Crippen molar-refractivity contribution in [3.05, 3.63) is 69.9 Å². The largest absolute Gasteiger partial charge is 0.461 e. The van der Waals surface area contributed by atoms with Crippen LogP contribution in [0.3, 0.4) is 0 Å². The Hall–Kier alpha value is -3.02. The van der Waals surface area contributed by atoms with E-state index in [-0.39, 0.29) is 23.9 Å². The van der Waals surface area contributed by atoms with Crippen molar-refractivity contribution in [1.82, 2.24) is 14.8 Å². The van der Waals surface area contributed by atoms with Crippen LogP contribution in [0.15, 0.2) is 47.3 Å². The summed E-state index contributed by atoms with van der Waals surface area (Å²) in [5.41, 5.74) is 1.91. The van der Waals surface area contributed by atoms with Crippen molar-refractivity contribution in [3.8, 4) is 0 Å². The molecule has 1 aromatic carbocycles. The van der Waals surface area contributed by atoms with Gasteiger partial charge in [0, 0.05) is 16.8 Å². The van der Waals surface area contributed by atoms with Gasteiger partial charge in [-0.1, -0.05) is 24.3 Å². The molecule has 0 saturated heterocycles. The SMILES string of the molecule is Cc1cccc(CCCOC(=O)c2nn(C(C)C)c(=O)c3ccccc23)n1. The molecule has 0 radical (unpaired) electrons. The first-order valence-electron chi connectivity index (χ1n) is 9.08. The van der Waals surface area contributed by atoms with Crippen molar-refractivity contribution in [3.63, 3.8) is 0 Å². The van der Waals surface area contributed by atoms with E-state index in [1.807, 2.05) is 39.0 Å². The average Bonchev–Trinajstić information content (AvgIpc) is 2.65. The van der Waals surface area contributed by atoms with Crippen molar-refractivity contribution in [2.45, 2.75) is 39.7 Å². The standard InChI is InChI=1S/C21H23N3O3/c1-14(2)24-20(25)18-12-5-4-11-17(18)19(23-24)21(26)27-13-7-10-16-9-6-8-15(3)22-16/h4-6,8-9,11-12,14H,7,10,13H2,1-3H3. The van der Waals surface area contributed by atoms with Crippen molar-refractivity contribution in [2.24, 2.45) is 0 Å². The Morgan fingerprint density at radius 1 is 1.11 bits per heavy atom. The lowest BCUT2D eigenvalue weighted by atomic mass is 10.1. The first kappa shape index (κ1) is 18.8. The number of rotatable bonds is 6. The van der Waals surface area contributed by atoms with E-state index in [1.54, 1.807) is 24.3 Å². The van der Waals surface area contributed by atoms with Crippen LogP contribution in [0.1, 0.15) is 48.2 Å². The van der Waals surface area contributed by atoms with Crippen molar-refractivity contribution in [2.75, 3.05) is 6.61 Å². The molecule has 2 heterocycles. The van der Waals surface area contributed by atoms with Crippen LogP contribution in [0, 0.1) is 6.92 Å². The number of hydrogen-bond donors (Lipinski definition) is 0. The monoisotopic (exact) mass is 365 g/mol. The molecular weight excluding hydrogens is 342 g/mol. The zero-order valence-corrected chi connectivity index (χ0v) is 15.8. The number of fused-ring (bicyclic) bond motifs is 1. The molecule has 0 aliphatic rings. The van der Waals surface area contributed by atoms with Crippen molar-refractivity contribution < 1.29 is 9.53 Å². The molecule has 0 unspecified atom stereocenters. The van der Waals surface area contributed by atoms with Gasteiger partial charge in [0.15, 0.2) is 5.69 Å². The number of esters is 1. The third kappa shape index (κ3) is 4.22. The van der Waals surface area contributed by atoms with Crippen LogP contribution >= 0.6 is 0 Å². The lowest BCUT2D eigenvalue weighted by molar-refractivity contribution is 0.0492. The summed E-state index contributed by atoms with van der Waals surface area (Å²) in [6, 6.07) is 12.7. The number of hydrogen-bond acceptors (Lipinski definition) is 5. The van der Waals surface area contributed by atoms with Crippen LogP contribution in [-0.4, -0.2) is 27.3 Å². The average molecular weight is 365 g/mol. The highest BCUT2D eigenvalue weighted by molar-refractivity contribution is 6.02. The van der Waals surface area contributed by atoms with E-state index in [1.165, 1.54) is 4.68 Å². The number of benzene rings is 1. The van der Waals surface area contributed by atoms with Gasteiger partial charge in [-0.2, -0.15) is 5.10 Å². The quantitative estimate of drug-likeness (QED) is 0.494. The molecule has 6 heteroatoms. The lowest BCUT2D eigenvalue weighted by Crippen LogP contribution is -2.28. The number of aromatic nitrogens is 3. The van der Waals surface area contributed by atoms with E-state index in [9.17, 15) is 9.59 Å². The zero-order valence-electron chi connectivity index (χ0n) is 15.8. The molecule has 0 atom stereocenters. The molecule has 0 N–H and O–H groups in total. The summed E-state index contributed by atoms with van der Waals surface area (Å²) in [7, 11) is 0. The van der Waals surface area contributed by atoms with Crippen LogP contribution in [-0.2, 0) is 11.2 Å². The van der Waals surface area contributed by atoms with Crippen molar-refractivity contribution >= 4 is 16.7 Å². The molecule has 0 aliphatic carbocycles. The highest BCUT2D eigenvalue weighted by atomic mass is 16.5. The molecule has 0 bridgehead atoms. The fraction of sp³-hybridized carbons (Fsp3) is 0.333. The molecule has 6 nitrogen and oxygen atoms in total. The Kier molecular flexibility index (Phi) is 5.64. The van der Waals surface area contributed by atoms with Gasteiger partial charge in [0.2, 0.25) is 0 Å². The van der Waals surface area contributed by atoms with Gasteiger partial charge in [0.25, 0.3) is 5.56 Å². The molecule has 3 rings (SSSR count). The first-order valence-corrected chi connectivity index (χ1v) is 9.08. The number of nitrogens with zero attached hydrogens (tertiary/aromatic N) is 3. The van der Waals surface area contributed by atoms with E-state index in [0.29, 0.717) is 17.2 Å². The van der Waals surface area contributed by atoms with Gasteiger partial charge in [0.05, 0.1) is 18.0 Å². The molecule has 27 heavy (non-hydrogen) atoms. The summed E-state index contributed by atoms with van der Waals surface area (Å²) in [5, 5.41) is 5.25. The van der Waals surface area contributed by atoms with Gasteiger partial charge in [-0.25, -0.2) is 9.48 Å². The maximum atomic E-state index is 12.6. The third-order valence-electron chi connectivity index (χ3n) is 4.27. The van der Waals surface area contributed by atoms with E-state index in [0.717, 1.165) is 17.8 Å². The van der Waals surface area contributed by atoms with E-state index in [2.05, 4.69) is 10.1 Å². The molecule has 0 aliphatic heterocycles. The van der Waals surface area contributed by atoms with E-state index >= 15 is 0 Å². The number of aryl methyl sites for hydroxylation is 2. The van der Waals surface area contributed by atoms with Crippen LogP contribution in [0.25, 0.3) is 10.8 Å². The van der Waals surface area contributed by atoms with E-state index in [4.69, 9.17) is 4.74 Å². The number of carbonyl (C=O) groups is 1. The number of carbonyl (C=O) groups excluding carboxylic acids is 1. The molecular formula is C21H23N3O3. The van der Waals surface area contributed by atoms with Crippen LogP contribution in [0.4, 0.5) is 0 Å². The molecule has 2 aromatic heterocycles. The van der Waals surface area contributed by atoms with Gasteiger partial charge < -0.3 is 4.74 Å². The smallest absolute Gasteiger partial charge is 0.359 e. The highest BCUT2D eigenvalue weighted by Crippen LogP contribution is 2.16. The topological polar surface area (TPSA) is 74.1 Å². The molecule has 140 valence electrons. The second-order valence-electron chi connectivity index (χ2n) is 6.75. The number of pyridine rings is 1. The van der Waals surface area contributed by atoms with Gasteiger partial charge in [-0.15, -0.1) is 0 Å². The molecule has 0 spiro atoms. The normalized spacial score (nSPS) is 11.1. The Morgan fingerprint density at radius 2 is 1.85 bits per heavy atom. The molecule has 0 saturated carbocycles. The number of ether oxygens (including phenoxy) is 1. The zero-order chi connectivity index (χ0) is 19.4. The first-order chi connectivity index (χ1) is 13.0. The van der Waals surface area contributed by atoms with Crippen LogP contribution < -0.4 is 5.56 Å². The molecule has 0 amide bonds. The Morgan fingerprint density at radius 3 is 2.56 bits per heavy atom. The molecule has 0 fully saturated rings. The predicted molar refractivity (Wildman–Crippen MR) is 104 cm³/mol. The lowest BCUT2D eigenvalue weighted by Gasteiger charge is -2.13. The summed E-state index contributed by atoms with van der Waals surface area (Å²) in [6.07, 6.45) is 1.40. The van der Waals surface area contributed by atoms with Gasteiger partial charge in [-0.3, -0.25) is 9.78 Å². The summed E-state index contributed by atoms with van der Waals surface area (Å²) in [5.74, 6) is -0.516. The maximum Gasteiger partial charge on any atom is 0.359 e. The fourth-order valence-electron chi connectivity index (χ4n) is 2.93. The van der Waals surface area contributed by atoms with Crippen molar-refractivity contribution in [1.29, 1.82) is 0 Å². The van der Waals surface area contributed by atoms with E-state index < -0.39 is 5.97 Å². The molecule has 3 aromatic rings. The Balaban J connectivity index is 1.75. The Labute approximate surface area is 157 Å². The summed E-state index contributed by atoms with van der Waals surface area (Å²) in [4.78, 5) is 29.6. The second kappa shape index (κ2) is 8.12. The predicted octanol–water partition coefficient (Wildman–Crippen LogP) is 3.47. The van der Waals surface area contributed by atoms with Gasteiger partial charge in [0.1, 0.15) is 0 Å². The summed E-state index contributed by atoms with van der Waals surface area (Å²) in [6.45, 7) is 5.93. The van der Waals surface area contributed by atoms with Crippen LogP contribution in [0.2, 0.25) is 0 Å².